The Hall–Kier alpha value is -7.32. The third-order valence-electron chi connectivity index (χ3n) is 30.3. The molecule has 5 heterocycles. The van der Waals surface area contributed by atoms with Crippen molar-refractivity contribution in [2.45, 2.75) is 375 Å². The molecule has 147 heavy (non-hydrogen) atoms. The first-order valence-electron chi connectivity index (χ1n) is 52.2. The Balaban J connectivity index is 0.000000175. The summed E-state index contributed by atoms with van der Waals surface area (Å²) in [6, 6.07) is 7.56. The molecular weight excluding hydrogens is 2190 g/mol. The predicted octanol–water partition coefficient (Wildman–Crippen LogP) is 30.1. The van der Waals surface area contributed by atoms with E-state index in [-0.39, 0.29) is 188 Å². The van der Waals surface area contributed by atoms with Crippen LogP contribution in [0.1, 0.15) is 385 Å². The van der Waals surface area contributed by atoms with E-state index in [1.54, 1.807) is 43.9 Å². The predicted molar refractivity (Wildman–Crippen MR) is 578 cm³/mol. The fourth-order valence-corrected chi connectivity index (χ4v) is 27.7. The maximum Gasteiger partial charge on any atom is 0.350 e. The molecule has 0 saturated heterocycles. The molecule has 0 aliphatic heterocycles. The van der Waals surface area contributed by atoms with Gasteiger partial charge in [-0.05, 0) is 342 Å². The number of Topliss-reactive ketones (excluding diaryl/α,β-unsaturated/α-hetero) is 1. The highest BCUT2D eigenvalue weighted by Gasteiger charge is 2.49. The highest BCUT2D eigenvalue weighted by molar-refractivity contribution is 9.11. The van der Waals surface area contributed by atoms with Crippen molar-refractivity contribution in [2.24, 2.45) is 70.0 Å². The number of rotatable bonds is 20. The van der Waals surface area contributed by atoms with Crippen LogP contribution < -0.4 is 24.5 Å². The molecule has 810 valence electrons. The Morgan fingerprint density at radius 3 is 0.803 bits per heavy atom. The van der Waals surface area contributed by atoms with Crippen molar-refractivity contribution in [3.63, 3.8) is 0 Å². The zero-order chi connectivity index (χ0) is 108. The summed E-state index contributed by atoms with van der Waals surface area (Å²) in [5.74, 6) is 3.90. The summed E-state index contributed by atoms with van der Waals surface area (Å²) in [6.45, 7) is 22.9. The van der Waals surface area contributed by atoms with Gasteiger partial charge < -0.3 is 48.6 Å². The molecule has 5 aromatic rings. The molecule has 15 rings (SSSR count). The Morgan fingerprint density at radius 1 is 0.340 bits per heavy atom. The Bertz CT molecular complexity index is 5560. The molecular formula is C111H145Br3F7N5O16S5. The minimum absolute atomic E-state index is 0.0111. The van der Waals surface area contributed by atoms with Crippen LogP contribution in [0.25, 0.3) is 0 Å². The fourth-order valence-electron chi connectivity index (χ4n) is 21.5. The number of anilines is 5. The lowest BCUT2D eigenvalue weighted by molar-refractivity contribution is -0.125. The number of hydrogen-bond acceptors (Lipinski definition) is 20. The monoisotopic (exact) mass is 2330 g/mol. The fraction of sp³-hybridized carbons (Fsp3) is 0.667. The summed E-state index contributed by atoms with van der Waals surface area (Å²) < 4.78 is 119. The molecule has 0 radical (unpaired) electrons. The topological polar surface area (TPSA) is 261 Å². The summed E-state index contributed by atoms with van der Waals surface area (Å²) in [5, 5.41) is 9.87. The van der Waals surface area contributed by atoms with Crippen molar-refractivity contribution in [3.8, 4) is 23.7 Å². The largest absolute Gasteiger partial charge is 0.477 e. The highest BCUT2D eigenvalue weighted by atomic mass is 79.9. The van der Waals surface area contributed by atoms with Gasteiger partial charge in [0, 0.05) is 128 Å². The van der Waals surface area contributed by atoms with E-state index in [2.05, 4.69) is 106 Å². The summed E-state index contributed by atoms with van der Waals surface area (Å²) in [5.41, 5.74) is 2.01. The Morgan fingerprint density at radius 2 is 0.565 bits per heavy atom. The van der Waals surface area contributed by atoms with E-state index in [0.717, 1.165) is 147 Å². The Kier molecular flexibility index (Phi) is 43.6. The average Bonchev–Trinajstić information content (AvgIpc) is 1.68. The third-order valence-corrected chi connectivity index (χ3v) is 37.2. The zero-order valence-corrected chi connectivity index (χ0v) is 96.2. The van der Waals surface area contributed by atoms with Gasteiger partial charge in [-0.15, -0.1) is 56.7 Å². The average molecular weight is 2340 g/mol. The first-order valence-corrected chi connectivity index (χ1v) is 58.7. The number of carbonyl (C=O) groups excluding carboxylic acids is 10. The SMILES string of the molecule is CC1CCC(C(=O)N(c2cc(C#CC(C)(C)C)sc2C(=O)O)C2CCC(F)(F)CC2)CC1.COC(=O)c1sc(Br)cc1N(C(=O)C1CCC(C)CC1)C1CC=C(F)CC1.COC(=O)c1sc(Br)cc1N(C(=O)C1CCC(C)CC1)C1CCC(=O)CC1.COC(=O)c1sc(Br)cc1N(C(=O)C1CCC(C)CC1)C1CCC(F)(F)CC1.COC(=O)c1sc(C#CC(C)(C)C)cc1N(C(=O)C1CCC(C)CC1)C1CCC(F)(F)CC1. The highest BCUT2D eigenvalue weighted by Crippen LogP contribution is 2.50. The van der Waals surface area contributed by atoms with Gasteiger partial charge >= 0.3 is 29.8 Å². The summed E-state index contributed by atoms with van der Waals surface area (Å²) in [4.78, 5) is 153. The van der Waals surface area contributed by atoms with Gasteiger partial charge in [0.15, 0.2) is 0 Å². The lowest BCUT2D eigenvalue weighted by Crippen LogP contribution is -2.47. The molecule has 0 bridgehead atoms. The van der Waals surface area contributed by atoms with E-state index >= 15 is 0 Å². The minimum atomic E-state index is -2.72. The molecule has 1 atom stereocenters. The second-order valence-electron chi connectivity index (χ2n) is 44.2. The molecule has 10 aliphatic rings. The minimum Gasteiger partial charge on any atom is -0.477 e. The lowest BCUT2D eigenvalue weighted by Gasteiger charge is -2.39. The number of halogens is 10. The Labute approximate surface area is 907 Å². The maximum atomic E-state index is 13.9. The van der Waals surface area contributed by atoms with Gasteiger partial charge in [0.25, 0.3) is 0 Å². The summed E-state index contributed by atoms with van der Waals surface area (Å²) >= 11 is 16.3. The van der Waals surface area contributed by atoms with E-state index < -0.39 is 53.7 Å². The second kappa shape index (κ2) is 53.5. The molecule has 1 unspecified atom stereocenters. The third kappa shape index (κ3) is 33.4. The molecule has 9 fully saturated rings. The van der Waals surface area contributed by atoms with Gasteiger partial charge in [-0.1, -0.05) is 64.4 Å². The van der Waals surface area contributed by atoms with Crippen LogP contribution in [-0.2, 0) is 47.7 Å². The number of hydrogen-bond donors (Lipinski definition) is 1. The van der Waals surface area contributed by atoms with Crippen LogP contribution in [0.2, 0.25) is 0 Å². The van der Waals surface area contributed by atoms with E-state index in [1.165, 1.54) is 73.8 Å². The van der Waals surface area contributed by atoms with Gasteiger partial charge in [-0.3, -0.25) is 28.8 Å². The van der Waals surface area contributed by atoms with Gasteiger partial charge in [0.05, 0.1) is 83.8 Å². The number of carbonyl (C=O) groups is 11. The van der Waals surface area contributed by atoms with E-state index in [1.807, 2.05) is 58.6 Å². The van der Waals surface area contributed by atoms with E-state index in [0.29, 0.717) is 136 Å². The smallest absolute Gasteiger partial charge is 0.350 e. The molecule has 5 amide bonds. The summed E-state index contributed by atoms with van der Waals surface area (Å²) in [6.07, 6.45) is 23.1. The van der Waals surface area contributed by atoms with Crippen LogP contribution in [0.3, 0.4) is 0 Å². The van der Waals surface area contributed by atoms with E-state index in [9.17, 15) is 88.6 Å². The van der Waals surface area contributed by atoms with Crippen LogP contribution in [-0.4, -0.2) is 147 Å². The first kappa shape index (κ1) is 120. The number of ether oxygens (including phenoxy) is 4. The number of thiophene rings is 5. The van der Waals surface area contributed by atoms with Gasteiger partial charge in [0.2, 0.25) is 47.3 Å². The van der Waals surface area contributed by atoms with Crippen molar-refractivity contribution < 1.29 is 108 Å². The van der Waals surface area contributed by atoms with Gasteiger partial charge in [-0.25, -0.2) is 54.7 Å². The summed E-state index contributed by atoms with van der Waals surface area (Å²) in [7, 11) is 5.30. The molecule has 21 nitrogen and oxygen atoms in total. The quantitative estimate of drug-likeness (QED) is 0.0329. The van der Waals surface area contributed by atoms with Crippen molar-refractivity contribution in [3.05, 3.63) is 87.7 Å². The number of carboxylic acids is 1. The van der Waals surface area contributed by atoms with Crippen LogP contribution in [0.15, 0.2) is 53.6 Å². The first-order chi connectivity index (χ1) is 69.3. The number of allylic oxidation sites excluding steroid dienone is 1. The van der Waals surface area contributed by atoms with Gasteiger partial charge in [-0.2, -0.15) is 0 Å². The molecule has 10 aliphatic carbocycles. The molecule has 0 spiro atoms. The normalized spacial score (nSPS) is 24.3. The number of nitrogens with zero attached hydrogens (tertiary/aromatic N) is 5. The van der Waals surface area contributed by atoms with Crippen molar-refractivity contribution in [1.29, 1.82) is 0 Å². The maximum absolute atomic E-state index is 13.9. The second-order valence-corrected chi connectivity index (χ2v) is 53.6. The van der Waals surface area contributed by atoms with Crippen LogP contribution in [0, 0.1) is 93.7 Å². The number of carboxylic acid groups (broad SMARTS) is 1. The van der Waals surface area contributed by atoms with Crippen molar-refractivity contribution in [1.82, 2.24) is 0 Å². The molecule has 5 aromatic heterocycles. The van der Waals surface area contributed by atoms with Gasteiger partial charge in [0.1, 0.15) is 30.2 Å². The standard InChI is InChI=1S/C26H35F2NO3S.C25H33F2NO3S.C20H26BrF2NO3S.C20H25BrFNO3S.C20H26BrNO4S/c1-17-6-8-18(9-7-17)23(30)29(19-10-14-26(27,28)15-11-19)21-16-20(12-13-25(2,3)4)33-22(21)24(31)32-5;1-16-5-7-17(8-6-16)22(29)28(18-9-13-25(26,27)14-10-18)20-15-19(11-12-24(2,3)4)32-21(20)23(30)31;1-12-3-5-13(6-4-12)18(25)24(14-7-9-20(22,23)10-8-14)15-11-16(21)28-17(15)19(26)27-2;1-12-3-5-13(6-4-12)19(24)23(15-9-7-14(22)8-10-15)16-11-17(21)27-18(16)20(25)26-2;1-12-3-5-13(6-4-12)19(24)22(14-7-9-15(23)10-8-14)16-11-17(21)27-18(16)20(25)26-2/h16-19H,6-11,14-15H2,1-5H3;15-18H,5-10,13-14H2,1-4H3,(H,30,31);11-14H,3-10H2,1-2H3;7,11-13,15H,3-6,8-10H2,1-2H3;11-14H,3-10H2,1-2H3. The van der Waals surface area contributed by atoms with Crippen LogP contribution in [0.4, 0.5) is 59.2 Å². The van der Waals surface area contributed by atoms with Crippen LogP contribution >= 0.6 is 104 Å². The zero-order valence-electron chi connectivity index (χ0n) is 87.3. The number of methoxy groups -OCH3 is 4. The molecule has 0 aromatic carbocycles. The number of ketones is 1. The number of aromatic carboxylic acids is 1. The number of amides is 5. The number of esters is 4. The van der Waals surface area contributed by atoms with E-state index in [4.69, 9.17) is 18.9 Å². The molecule has 1 N–H and O–H groups in total. The van der Waals surface area contributed by atoms with Crippen LogP contribution in [0.5, 0.6) is 0 Å². The van der Waals surface area contributed by atoms with Crippen molar-refractivity contribution in [2.75, 3.05) is 52.9 Å². The molecule has 9 saturated carbocycles. The number of alkyl halides is 6. The van der Waals surface area contributed by atoms with Crippen molar-refractivity contribution >= 4 is 198 Å². The molecule has 36 heteroatoms. The lowest BCUT2D eigenvalue weighted by atomic mass is 9.81.